The predicted octanol–water partition coefficient (Wildman–Crippen LogP) is 2.91. The van der Waals surface area contributed by atoms with Crippen LogP contribution >= 0.6 is 0 Å². The average molecular weight is 184 g/mol. The number of rotatable bonds is 2. The largest absolute Gasteiger partial charge is 0.234 e. The Morgan fingerprint density at radius 3 is 2.64 bits per heavy atom. The molecule has 0 aliphatic heterocycles. The molecule has 0 bridgehead atoms. The standard InChI is InChI=1S/C12H12N2/c1-2-6-11-9-10-13-14(11)12-7-4-3-5-8-12/h2-10H,1H3/b6-2-. The van der Waals surface area contributed by atoms with E-state index in [1.165, 1.54) is 0 Å². The highest BCUT2D eigenvalue weighted by Crippen LogP contribution is 2.10. The molecule has 0 aliphatic carbocycles. The maximum absolute atomic E-state index is 4.27. The van der Waals surface area contributed by atoms with Gasteiger partial charge in [0.05, 0.1) is 17.6 Å². The molecule has 0 fully saturated rings. The van der Waals surface area contributed by atoms with Gasteiger partial charge in [-0.3, -0.25) is 0 Å². The van der Waals surface area contributed by atoms with E-state index in [-0.39, 0.29) is 0 Å². The smallest absolute Gasteiger partial charge is 0.0665 e. The van der Waals surface area contributed by atoms with Crippen molar-refractivity contribution in [2.24, 2.45) is 0 Å². The molecule has 1 heterocycles. The molecule has 2 aromatic rings. The highest BCUT2D eigenvalue weighted by molar-refractivity contribution is 5.48. The lowest BCUT2D eigenvalue weighted by atomic mass is 10.3. The Bertz CT molecular complexity index is 427. The molecule has 14 heavy (non-hydrogen) atoms. The summed E-state index contributed by atoms with van der Waals surface area (Å²) in [6, 6.07) is 12.1. The second-order valence-electron chi connectivity index (χ2n) is 3.00. The van der Waals surface area contributed by atoms with Gasteiger partial charge in [-0.05, 0) is 31.2 Å². The minimum Gasteiger partial charge on any atom is -0.234 e. The second-order valence-corrected chi connectivity index (χ2v) is 3.00. The fourth-order valence-electron chi connectivity index (χ4n) is 1.40. The zero-order chi connectivity index (χ0) is 9.80. The second kappa shape index (κ2) is 3.92. The molecular weight excluding hydrogens is 172 g/mol. The normalized spacial score (nSPS) is 10.9. The fraction of sp³-hybridized carbons (Fsp3) is 0.0833. The summed E-state index contributed by atoms with van der Waals surface area (Å²) in [5, 5.41) is 4.27. The van der Waals surface area contributed by atoms with Crippen molar-refractivity contribution in [3.05, 3.63) is 54.4 Å². The summed E-state index contributed by atoms with van der Waals surface area (Å²) >= 11 is 0. The summed E-state index contributed by atoms with van der Waals surface area (Å²) < 4.78 is 1.92. The summed E-state index contributed by atoms with van der Waals surface area (Å²) in [5.41, 5.74) is 2.18. The molecule has 0 saturated carbocycles. The highest BCUT2D eigenvalue weighted by Gasteiger charge is 1.99. The van der Waals surface area contributed by atoms with Crippen LogP contribution < -0.4 is 0 Å². The van der Waals surface area contributed by atoms with Crippen LogP contribution in [0.15, 0.2) is 48.7 Å². The lowest BCUT2D eigenvalue weighted by molar-refractivity contribution is 0.871. The van der Waals surface area contributed by atoms with Crippen LogP contribution in [0.1, 0.15) is 12.6 Å². The van der Waals surface area contributed by atoms with Gasteiger partial charge in [0.15, 0.2) is 0 Å². The van der Waals surface area contributed by atoms with Gasteiger partial charge in [-0.1, -0.05) is 24.3 Å². The zero-order valence-corrected chi connectivity index (χ0v) is 8.09. The van der Waals surface area contributed by atoms with Crippen LogP contribution in [-0.2, 0) is 0 Å². The van der Waals surface area contributed by atoms with E-state index in [2.05, 4.69) is 5.10 Å². The van der Waals surface area contributed by atoms with Gasteiger partial charge in [-0.15, -0.1) is 0 Å². The van der Waals surface area contributed by atoms with Crippen molar-refractivity contribution in [3.63, 3.8) is 0 Å². The molecule has 0 aliphatic rings. The first-order valence-electron chi connectivity index (χ1n) is 4.64. The van der Waals surface area contributed by atoms with Crippen molar-refractivity contribution >= 4 is 6.08 Å². The first-order valence-corrected chi connectivity index (χ1v) is 4.64. The summed E-state index contributed by atoms with van der Waals surface area (Å²) in [5.74, 6) is 0. The SMILES string of the molecule is C/C=C\c1ccnn1-c1ccccc1. The van der Waals surface area contributed by atoms with Crippen LogP contribution in [0.4, 0.5) is 0 Å². The van der Waals surface area contributed by atoms with Gasteiger partial charge < -0.3 is 0 Å². The molecule has 1 aromatic heterocycles. The molecule has 2 heteroatoms. The highest BCUT2D eigenvalue weighted by atomic mass is 15.3. The van der Waals surface area contributed by atoms with Crippen molar-refractivity contribution in [3.8, 4) is 5.69 Å². The Labute approximate surface area is 83.5 Å². The van der Waals surface area contributed by atoms with Crippen LogP contribution in [0, 0.1) is 0 Å². The molecule has 0 spiro atoms. The van der Waals surface area contributed by atoms with E-state index in [4.69, 9.17) is 0 Å². The summed E-state index contributed by atoms with van der Waals surface area (Å²) in [6.45, 7) is 2.00. The lowest BCUT2D eigenvalue weighted by Gasteiger charge is -2.03. The molecule has 0 amide bonds. The Morgan fingerprint density at radius 1 is 1.14 bits per heavy atom. The summed E-state index contributed by atoms with van der Waals surface area (Å²) in [7, 11) is 0. The van der Waals surface area contributed by atoms with Crippen LogP contribution in [-0.4, -0.2) is 9.78 Å². The van der Waals surface area contributed by atoms with Gasteiger partial charge in [0.2, 0.25) is 0 Å². The summed E-state index contributed by atoms with van der Waals surface area (Å²) in [6.07, 6.45) is 5.86. The topological polar surface area (TPSA) is 17.8 Å². The minimum absolute atomic E-state index is 1.09. The Kier molecular flexibility index (Phi) is 2.45. The van der Waals surface area contributed by atoms with Crippen molar-refractivity contribution < 1.29 is 0 Å². The molecule has 70 valence electrons. The van der Waals surface area contributed by atoms with Crippen molar-refractivity contribution in [2.45, 2.75) is 6.92 Å². The van der Waals surface area contributed by atoms with E-state index < -0.39 is 0 Å². The molecule has 0 radical (unpaired) electrons. The van der Waals surface area contributed by atoms with Gasteiger partial charge in [-0.2, -0.15) is 5.10 Å². The van der Waals surface area contributed by atoms with Crippen LogP contribution in [0.25, 0.3) is 11.8 Å². The minimum atomic E-state index is 1.09. The molecule has 1 aromatic carbocycles. The van der Waals surface area contributed by atoms with Gasteiger partial charge >= 0.3 is 0 Å². The number of hydrogen-bond donors (Lipinski definition) is 0. The molecule has 0 N–H and O–H groups in total. The lowest BCUT2D eigenvalue weighted by Crippen LogP contribution is -1.97. The van der Waals surface area contributed by atoms with E-state index >= 15 is 0 Å². The van der Waals surface area contributed by atoms with E-state index in [9.17, 15) is 0 Å². The maximum Gasteiger partial charge on any atom is 0.0665 e. The first kappa shape index (κ1) is 8.75. The maximum atomic E-state index is 4.27. The molecule has 2 nitrogen and oxygen atoms in total. The summed E-state index contributed by atoms with van der Waals surface area (Å²) in [4.78, 5) is 0. The van der Waals surface area contributed by atoms with E-state index in [0.29, 0.717) is 0 Å². The predicted molar refractivity (Wildman–Crippen MR) is 58.3 cm³/mol. The Morgan fingerprint density at radius 2 is 1.93 bits per heavy atom. The van der Waals surface area contributed by atoms with Gasteiger partial charge in [0.1, 0.15) is 0 Å². The van der Waals surface area contributed by atoms with Gasteiger partial charge in [0.25, 0.3) is 0 Å². The van der Waals surface area contributed by atoms with Crippen molar-refractivity contribution in [2.75, 3.05) is 0 Å². The number of nitrogens with zero attached hydrogens (tertiary/aromatic N) is 2. The molecule has 0 saturated heterocycles. The first-order chi connectivity index (χ1) is 6.92. The van der Waals surface area contributed by atoms with Crippen molar-refractivity contribution in [1.82, 2.24) is 9.78 Å². The molecule has 2 rings (SSSR count). The third-order valence-electron chi connectivity index (χ3n) is 2.01. The zero-order valence-electron chi connectivity index (χ0n) is 8.09. The molecule has 0 atom stereocenters. The monoisotopic (exact) mass is 184 g/mol. The number of para-hydroxylation sites is 1. The average Bonchev–Trinajstić information content (AvgIpc) is 2.68. The van der Waals surface area contributed by atoms with Gasteiger partial charge in [-0.25, -0.2) is 4.68 Å². The third kappa shape index (κ3) is 1.59. The Hall–Kier alpha value is -1.83. The van der Waals surface area contributed by atoms with E-state index in [0.717, 1.165) is 11.4 Å². The number of hydrogen-bond acceptors (Lipinski definition) is 1. The number of aromatic nitrogens is 2. The molecule has 0 unspecified atom stereocenters. The number of allylic oxidation sites excluding steroid dienone is 1. The van der Waals surface area contributed by atoms with E-state index in [1.54, 1.807) is 0 Å². The Balaban J connectivity index is 2.47. The quantitative estimate of drug-likeness (QED) is 0.701. The van der Waals surface area contributed by atoms with Crippen LogP contribution in [0.5, 0.6) is 0 Å². The van der Waals surface area contributed by atoms with Crippen LogP contribution in [0.2, 0.25) is 0 Å². The van der Waals surface area contributed by atoms with Gasteiger partial charge in [0, 0.05) is 0 Å². The van der Waals surface area contributed by atoms with E-state index in [1.807, 2.05) is 66.4 Å². The molecular formula is C12H12N2. The van der Waals surface area contributed by atoms with Crippen LogP contribution in [0.3, 0.4) is 0 Å². The van der Waals surface area contributed by atoms with Crippen molar-refractivity contribution in [1.29, 1.82) is 0 Å². The fourth-order valence-corrected chi connectivity index (χ4v) is 1.40. The number of benzene rings is 1. The third-order valence-corrected chi connectivity index (χ3v) is 2.01.